The Morgan fingerprint density at radius 2 is 1.91 bits per heavy atom. The normalized spacial score (nSPS) is 17.4. The largest absolute Gasteiger partial charge is 0.314 e. The second-order valence-corrected chi connectivity index (χ2v) is 8.24. The molecule has 1 fully saturated rings. The maximum Gasteiger partial charge on any atom is 0.0705 e. The van der Waals surface area contributed by atoms with Crippen LogP contribution in [0, 0.1) is 0 Å². The van der Waals surface area contributed by atoms with Gasteiger partial charge in [0.25, 0.3) is 0 Å². The minimum absolute atomic E-state index is 0.293. The lowest BCUT2D eigenvalue weighted by Crippen LogP contribution is -2.45. The Hall–Kier alpha value is -1.27. The molecule has 3 nitrogen and oxygen atoms in total. The molecule has 23 heavy (non-hydrogen) atoms. The second-order valence-electron chi connectivity index (χ2n) is 5.75. The molecule has 3 heterocycles. The molecule has 0 bridgehead atoms. The molecule has 4 rings (SSSR count). The number of thiophene rings is 1. The van der Waals surface area contributed by atoms with Crippen molar-refractivity contribution in [2.75, 3.05) is 26.2 Å². The van der Waals surface area contributed by atoms with Gasteiger partial charge in [-0.3, -0.25) is 9.88 Å². The number of aromatic nitrogens is 1. The average molecular weight is 388 g/mol. The Morgan fingerprint density at radius 3 is 2.70 bits per heavy atom. The van der Waals surface area contributed by atoms with Gasteiger partial charge in [-0.1, -0.05) is 18.2 Å². The fraction of sp³-hybridized carbons (Fsp3) is 0.278. The number of fused-ring (bicyclic) bond motifs is 1. The summed E-state index contributed by atoms with van der Waals surface area (Å²) in [5, 5.41) is 4.71. The lowest BCUT2D eigenvalue weighted by Gasteiger charge is -2.35. The van der Waals surface area contributed by atoms with Crippen molar-refractivity contribution in [2.45, 2.75) is 6.04 Å². The third-order valence-corrected chi connectivity index (χ3v) is 6.03. The van der Waals surface area contributed by atoms with Crippen LogP contribution in [0.2, 0.25) is 0 Å². The smallest absolute Gasteiger partial charge is 0.0705 e. The lowest BCUT2D eigenvalue weighted by atomic mass is 9.99. The van der Waals surface area contributed by atoms with Crippen molar-refractivity contribution in [1.29, 1.82) is 0 Å². The fourth-order valence-electron chi connectivity index (χ4n) is 3.30. The highest BCUT2D eigenvalue weighted by Gasteiger charge is 2.26. The van der Waals surface area contributed by atoms with E-state index in [1.54, 1.807) is 0 Å². The number of nitrogens with one attached hydrogen (secondary N) is 1. The van der Waals surface area contributed by atoms with E-state index in [1.165, 1.54) is 19.6 Å². The summed E-state index contributed by atoms with van der Waals surface area (Å²) < 4.78 is 1.19. The number of halogens is 1. The Kier molecular flexibility index (Phi) is 4.44. The zero-order valence-electron chi connectivity index (χ0n) is 12.7. The van der Waals surface area contributed by atoms with Gasteiger partial charge in [0, 0.05) is 42.6 Å². The number of hydrogen-bond donors (Lipinski definition) is 1. The molecular weight excluding hydrogens is 370 g/mol. The van der Waals surface area contributed by atoms with Crippen LogP contribution in [0.4, 0.5) is 0 Å². The van der Waals surface area contributed by atoms with Gasteiger partial charge in [0.1, 0.15) is 0 Å². The predicted octanol–water partition coefficient (Wildman–Crippen LogP) is 4.05. The predicted molar refractivity (Wildman–Crippen MR) is 100 cm³/mol. The third-order valence-electron chi connectivity index (χ3n) is 4.36. The van der Waals surface area contributed by atoms with Gasteiger partial charge in [0.2, 0.25) is 0 Å². The van der Waals surface area contributed by atoms with E-state index in [9.17, 15) is 0 Å². The second kappa shape index (κ2) is 6.69. The maximum atomic E-state index is 4.53. The number of pyridine rings is 1. The number of benzene rings is 1. The summed E-state index contributed by atoms with van der Waals surface area (Å²) in [6, 6.07) is 15.3. The number of hydrogen-bond acceptors (Lipinski definition) is 4. The Bertz CT molecular complexity index is 805. The SMILES string of the molecule is Brc1ccc(C(c2ccnc3ccccc23)N2CCNCC2)s1. The molecule has 0 aliphatic carbocycles. The molecule has 0 radical (unpaired) electrons. The van der Waals surface area contributed by atoms with Gasteiger partial charge in [0.05, 0.1) is 15.3 Å². The standard InChI is InChI=1S/C18H18BrN3S/c19-17-6-5-16(23-17)18(22-11-9-20-10-12-22)14-7-8-21-15-4-2-1-3-13(14)15/h1-8,18,20H,9-12H2. The highest BCUT2D eigenvalue weighted by atomic mass is 79.9. The Morgan fingerprint density at radius 1 is 1.09 bits per heavy atom. The highest BCUT2D eigenvalue weighted by molar-refractivity contribution is 9.11. The molecule has 0 amide bonds. The number of para-hydroxylation sites is 1. The summed E-state index contributed by atoms with van der Waals surface area (Å²) in [5.74, 6) is 0. The molecule has 3 aromatic rings. The van der Waals surface area contributed by atoms with Crippen molar-refractivity contribution in [3.63, 3.8) is 0 Å². The molecule has 1 N–H and O–H groups in total. The monoisotopic (exact) mass is 387 g/mol. The van der Waals surface area contributed by atoms with Gasteiger partial charge in [-0.05, 0) is 45.8 Å². The minimum atomic E-state index is 0.293. The molecule has 1 unspecified atom stereocenters. The van der Waals surface area contributed by atoms with E-state index >= 15 is 0 Å². The lowest BCUT2D eigenvalue weighted by molar-refractivity contribution is 0.201. The van der Waals surface area contributed by atoms with Crippen LogP contribution in [0.15, 0.2) is 52.4 Å². The van der Waals surface area contributed by atoms with Crippen LogP contribution in [-0.2, 0) is 0 Å². The molecule has 1 atom stereocenters. The van der Waals surface area contributed by atoms with Gasteiger partial charge in [-0.25, -0.2) is 0 Å². The van der Waals surface area contributed by atoms with Gasteiger partial charge in [-0.2, -0.15) is 0 Å². The van der Waals surface area contributed by atoms with Crippen LogP contribution in [0.3, 0.4) is 0 Å². The molecule has 5 heteroatoms. The van der Waals surface area contributed by atoms with E-state index in [0.717, 1.165) is 31.7 Å². The van der Waals surface area contributed by atoms with Gasteiger partial charge >= 0.3 is 0 Å². The molecule has 0 saturated carbocycles. The highest BCUT2D eigenvalue weighted by Crippen LogP contribution is 2.37. The van der Waals surface area contributed by atoms with E-state index in [0.29, 0.717) is 6.04 Å². The quantitative estimate of drug-likeness (QED) is 0.734. The zero-order valence-corrected chi connectivity index (χ0v) is 15.1. The van der Waals surface area contributed by atoms with Crippen LogP contribution in [0.5, 0.6) is 0 Å². The minimum Gasteiger partial charge on any atom is -0.314 e. The molecule has 118 valence electrons. The molecule has 1 aliphatic heterocycles. The van der Waals surface area contributed by atoms with Crippen LogP contribution in [0.1, 0.15) is 16.5 Å². The van der Waals surface area contributed by atoms with Crippen molar-refractivity contribution < 1.29 is 0 Å². The maximum absolute atomic E-state index is 4.53. The summed E-state index contributed by atoms with van der Waals surface area (Å²) in [6.07, 6.45) is 1.94. The van der Waals surface area contributed by atoms with Crippen LogP contribution < -0.4 is 5.32 Å². The van der Waals surface area contributed by atoms with Crippen molar-refractivity contribution in [2.24, 2.45) is 0 Å². The van der Waals surface area contributed by atoms with Crippen LogP contribution in [-0.4, -0.2) is 36.1 Å². The number of rotatable bonds is 3. The van der Waals surface area contributed by atoms with E-state index in [-0.39, 0.29) is 0 Å². The molecule has 1 saturated heterocycles. The van der Waals surface area contributed by atoms with E-state index in [1.807, 2.05) is 17.5 Å². The van der Waals surface area contributed by atoms with E-state index < -0.39 is 0 Å². The zero-order chi connectivity index (χ0) is 15.6. The van der Waals surface area contributed by atoms with Gasteiger partial charge in [0.15, 0.2) is 0 Å². The van der Waals surface area contributed by atoms with Crippen molar-refractivity contribution in [3.8, 4) is 0 Å². The van der Waals surface area contributed by atoms with Crippen LogP contribution >= 0.6 is 27.3 Å². The molecule has 0 spiro atoms. The first kappa shape index (κ1) is 15.3. The van der Waals surface area contributed by atoms with E-state index in [2.05, 4.69) is 73.6 Å². The first-order chi connectivity index (χ1) is 11.3. The van der Waals surface area contributed by atoms with Crippen LogP contribution in [0.25, 0.3) is 10.9 Å². The molecule has 1 aliphatic rings. The summed E-state index contributed by atoms with van der Waals surface area (Å²) in [4.78, 5) is 8.50. The molecular formula is C18H18BrN3S. The Labute approximate surface area is 148 Å². The van der Waals surface area contributed by atoms with Crippen molar-refractivity contribution in [1.82, 2.24) is 15.2 Å². The topological polar surface area (TPSA) is 28.2 Å². The van der Waals surface area contributed by atoms with Gasteiger partial charge < -0.3 is 5.32 Å². The third kappa shape index (κ3) is 3.06. The summed E-state index contributed by atoms with van der Waals surface area (Å²) in [6.45, 7) is 4.23. The first-order valence-electron chi connectivity index (χ1n) is 7.86. The van der Waals surface area contributed by atoms with Crippen molar-refractivity contribution >= 4 is 38.2 Å². The number of nitrogens with zero attached hydrogens (tertiary/aromatic N) is 2. The molecule has 2 aromatic heterocycles. The first-order valence-corrected chi connectivity index (χ1v) is 9.47. The summed E-state index contributed by atoms with van der Waals surface area (Å²) in [7, 11) is 0. The van der Waals surface area contributed by atoms with Gasteiger partial charge in [-0.15, -0.1) is 11.3 Å². The Balaban J connectivity index is 1.86. The van der Waals surface area contributed by atoms with Crippen molar-refractivity contribution in [3.05, 3.63) is 62.9 Å². The summed E-state index contributed by atoms with van der Waals surface area (Å²) in [5.41, 5.74) is 2.42. The fourth-order valence-corrected chi connectivity index (χ4v) is 4.88. The molecule has 1 aromatic carbocycles. The summed E-state index contributed by atoms with van der Waals surface area (Å²) >= 11 is 5.45. The number of piperazine rings is 1. The average Bonchev–Trinajstić information content (AvgIpc) is 3.02. The van der Waals surface area contributed by atoms with E-state index in [4.69, 9.17) is 0 Å².